The van der Waals surface area contributed by atoms with Crippen molar-refractivity contribution < 1.29 is 8.42 Å². The average molecular weight is 418 g/mol. The van der Waals surface area contributed by atoms with Crippen LogP contribution in [0.2, 0.25) is 0 Å². The van der Waals surface area contributed by atoms with Crippen molar-refractivity contribution in [3.8, 4) is 0 Å². The Morgan fingerprint density at radius 1 is 1.14 bits per heavy atom. The van der Waals surface area contributed by atoms with Crippen LogP contribution in [0.4, 0.5) is 0 Å². The summed E-state index contributed by atoms with van der Waals surface area (Å²) in [5, 5.41) is 1.81. The molecule has 1 saturated heterocycles. The van der Waals surface area contributed by atoms with E-state index in [4.69, 9.17) is 0 Å². The fourth-order valence-corrected chi connectivity index (χ4v) is 6.48. The zero-order valence-corrected chi connectivity index (χ0v) is 17.6. The topological polar surface area (TPSA) is 71.8 Å². The van der Waals surface area contributed by atoms with E-state index in [9.17, 15) is 13.2 Å². The number of aromatic nitrogens is 2. The summed E-state index contributed by atoms with van der Waals surface area (Å²) in [6.07, 6.45) is 2.54. The summed E-state index contributed by atoms with van der Waals surface area (Å²) in [5.74, 6) is 0.454. The van der Waals surface area contributed by atoms with Gasteiger partial charge in [0.1, 0.15) is 0 Å². The first-order valence-electron chi connectivity index (χ1n) is 9.39. The Morgan fingerprint density at radius 3 is 2.50 bits per heavy atom. The number of sulfonamides is 1. The van der Waals surface area contributed by atoms with E-state index in [0.29, 0.717) is 29.7 Å². The van der Waals surface area contributed by atoms with Crippen molar-refractivity contribution in [2.24, 2.45) is 5.92 Å². The van der Waals surface area contributed by atoms with Crippen molar-refractivity contribution in [1.82, 2.24) is 13.7 Å². The number of thiazole rings is 1. The highest BCUT2D eigenvalue weighted by Gasteiger charge is 2.34. The van der Waals surface area contributed by atoms with E-state index in [1.54, 1.807) is 13.8 Å². The molecular weight excluding hydrogens is 394 g/mol. The Kier molecular flexibility index (Phi) is 5.11. The molecule has 148 valence electrons. The molecule has 0 N–H and O–H groups in total. The normalized spacial score (nSPS) is 16.6. The van der Waals surface area contributed by atoms with Crippen molar-refractivity contribution >= 4 is 26.3 Å². The van der Waals surface area contributed by atoms with Crippen molar-refractivity contribution in [1.29, 1.82) is 0 Å². The Balaban J connectivity index is 1.58. The molecule has 0 spiro atoms. The summed E-state index contributed by atoms with van der Waals surface area (Å²) in [6, 6.07) is 10.3. The molecular formula is C20H23N3O3S2. The first-order valence-corrected chi connectivity index (χ1v) is 11.7. The van der Waals surface area contributed by atoms with Crippen molar-refractivity contribution in [2.75, 3.05) is 13.1 Å². The molecule has 2 aromatic heterocycles. The Bertz CT molecular complexity index is 1160. The third-order valence-corrected chi connectivity index (χ3v) is 8.38. The number of nitrogens with zero attached hydrogens (tertiary/aromatic N) is 3. The molecule has 0 aliphatic carbocycles. The summed E-state index contributed by atoms with van der Waals surface area (Å²) in [7, 11) is -3.86. The second-order valence-electron chi connectivity index (χ2n) is 7.36. The third kappa shape index (κ3) is 3.40. The highest BCUT2D eigenvalue weighted by molar-refractivity contribution is 7.89. The lowest BCUT2D eigenvalue weighted by atomic mass is 9.91. The molecule has 0 bridgehead atoms. The minimum atomic E-state index is -3.86. The molecule has 1 aromatic carbocycles. The quantitative estimate of drug-likeness (QED) is 0.654. The van der Waals surface area contributed by atoms with E-state index in [-0.39, 0.29) is 10.6 Å². The number of aryl methyl sites for hydroxylation is 2. The predicted molar refractivity (Wildman–Crippen MR) is 110 cm³/mol. The number of hydrogen-bond donors (Lipinski definition) is 0. The van der Waals surface area contributed by atoms with Crippen LogP contribution in [0.5, 0.6) is 0 Å². The standard InChI is InChI=1S/C20H23N3O3S2/c1-14-13-27-20-21-15(2)18(19(24)23(14)20)28(25,26)22-10-8-17(9-11-22)12-16-6-4-3-5-7-16/h3-7,13,17H,8-12H2,1-2H3. The summed E-state index contributed by atoms with van der Waals surface area (Å²) in [4.78, 5) is 17.7. The van der Waals surface area contributed by atoms with Gasteiger partial charge in [0.15, 0.2) is 9.86 Å². The van der Waals surface area contributed by atoms with Crippen LogP contribution < -0.4 is 5.56 Å². The molecule has 0 atom stereocenters. The van der Waals surface area contributed by atoms with Gasteiger partial charge in [0, 0.05) is 24.2 Å². The largest absolute Gasteiger partial charge is 0.279 e. The van der Waals surface area contributed by atoms with E-state index < -0.39 is 15.6 Å². The van der Waals surface area contributed by atoms with Crippen molar-refractivity contribution in [3.05, 3.63) is 63.0 Å². The zero-order valence-electron chi connectivity index (χ0n) is 16.0. The fourth-order valence-electron chi connectivity index (χ4n) is 3.90. The van der Waals surface area contributed by atoms with Gasteiger partial charge in [-0.05, 0) is 44.6 Å². The average Bonchev–Trinajstić information content (AvgIpc) is 3.03. The molecule has 0 amide bonds. The van der Waals surface area contributed by atoms with Gasteiger partial charge in [-0.1, -0.05) is 30.3 Å². The second-order valence-corrected chi connectivity index (χ2v) is 10.1. The summed E-state index contributed by atoms with van der Waals surface area (Å²) < 4.78 is 29.3. The monoisotopic (exact) mass is 417 g/mol. The third-order valence-electron chi connectivity index (χ3n) is 5.41. The molecule has 3 heterocycles. The molecule has 3 aromatic rings. The van der Waals surface area contributed by atoms with Crippen LogP contribution in [-0.2, 0) is 16.4 Å². The lowest BCUT2D eigenvalue weighted by molar-refractivity contribution is 0.272. The van der Waals surface area contributed by atoms with E-state index in [1.807, 2.05) is 23.6 Å². The second kappa shape index (κ2) is 7.42. The predicted octanol–water partition coefficient (Wildman–Crippen LogP) is 3.02. The number of hydrogen-bond acceptors (Lipinski definition) is 5. The number of rotatable bonds is 4. The lowest BCUT2D eigenvalue weighted by Crippen LogP contribution is -2.41. The van der Waals surface area contributed by atoms with Crippen LogP contribution in [0.15, 0.2) is 45.4 Å². The SMILES string of the molecule is Cc1nc2scc(C)n2c(=O)c1S(=O)(=O)N1CCC(Cc2ccccc2)CC1. The van der Waals surface area contributed by atoms with E-state index in [1.165, 1.54) is 25.6 Å². The Hall–Kier alpha value is -2.03. The van der Waals surface area contributed by atoms with Gasteiger partial charge < -0.3 is 0 Å². The van der Waals surface area contributed by atoms with Crippen molar-refractivity contribution in [3.63, 3.8) is 0 Å². The van der Waals surface area contributed by atoms with Crippen LogP contribution in [0.1, 0.15) is 29.8 Å². The molecule has 1 aliphatic heterocycles. The summed E-state index contributed by atoms with van der Waals surface area (Å²) in [5.41, 5.74) is 1.77. The van der Waals surface area contributed by atoms with Crippen LogP contribution in [0.25, 0.3) is 4.96 Å². The molecule has 0 unspecified atom stereocenters. The van der Waals surface area contributed by atoms with Crippen LogP contribution in [-0.4, -0.2) is 35.2 Å². The van der Waals surface area contributed by atoms with Gasteiger partial charge in [-0.15, -0.1) is 11.3 Å². The van der Waals surface area contributed by atoms with Gasteiger partial charge in [0.2, 0.25) is 10.0 Å². The molecule has 6 nitrogen and oxygen atoms in total. The maximum Gasteiger partial charge on any atom is 0.279 e. The molecule has 0 radical (unpaired) electrons. The number of fused-ring (bicyclic) bond motifs is 1. The first kappa shape index (κ1) is 19.3. The number of benzene rings is 1. The van der Waals surface area contributed by atoms with Gasteiger partial charge in [0.05, 0.1) is 5.69 Å². The Morgan fingerprint density at radius 2 is 1.82 bits per heavy atom. The maximum atomic E-state index is 13.2. The zero-order chi connectivity index (χ0) is 19.9. The minimum absolute atomic E-state index is 0.187. The molecule has 8 heteroatoms. The van der Waals surface area contributed by atoms with Crippen molar-refractivity contribution in [2.45, 2.75) is 38.0 Å². The van der Waals surface area contributed by atoms with Crippen LogP contribution in [0, 0.1) is 19.8 Å². The number of piperidine rings is 1. The molecule has 0 saturated carbocycles. The van der Waals surface area contributed by atoms with E-state index in [2.05, 4.69) is 17.1 Å². The highest BCUT2D eigenvalue weighted by atomic mass is 32.2. The minimum Gasteiger partial charge on any atom is -0.267 e. The van der Waals surface area contributed by atoms with E-state index >= 15 is 0 Å². The lowest BCUT2D eigenvalue weighted by Gasteiger charge is -2.31. The van der Waals surface area contributed by atoms with Gasteiger partial charge in [-0.2, -0.15) is 4.31 Å². The van der Waals surface area contributed by atoms with Gasteiger partial charge in [0.25, 0.3) is 5.56 Å². The van der Waals surface area contributed by atoms with Gasteiger partial charge in [-0.3, -0.25) is 9.20 Å². The first-order chi connectivity index (χ1) is 13.4. The van der Waals surface area contributed by atoms with Crippen LogP contribution >= 0.6 is 11.3 Å². The van der Waals surface area contributed by atoms with Gasteiger partial charge >= 0.3 is 0 Å². The molecule has 28 heavy (non-hydrogen) atoms. The van der Waals surface area contributed by atoms with E-state index in [0.717, 1.165) is 19.3 Å². The highest BCUT2D eigenvalue weighted by Crippen LogP contribution is 2.26. The summed E-state index contributed by atoms with van der Waals surface area (Å²) in [6.45, 7) is 4.26. The Labute approximate surface area is 168 Å². The molecule has 1 fully saturated rings. The molecule has 4 rings (SSSR count). The van der Waals surface area contributed by atoms with Crippen LogP contribution in [0.3, 0.4) is 0 Å². The van der Waals surface area contributed by atoms with Gasteiger partial charge in [-0.25, -0.2) is 13.4 Å². The fraction of sp³-hybridized carbons (Fsp3) is 0.400. The maximum absolute atomic E-state index is 13.2. The smallest absolute Gasteiger partial charge is 0.267 e. The molecule has 1 aliphatic rings. The summed E-state index contributed by atoms with van der Waals surface area (Å²) >= 11 is 1.34.